The van der Waals surface area contributed by atoms with Crippen molar-refractivity contribution < 1.29 is 0 Å². The third kappa shape index (κ3) is 3.93. The summed E-state index contributed by atoms with van der Waals surface area (Å²) in [4.78, 5) is 10.0. The molecule has 1 atom stereocenters. The van der Waals surface area contributed by atoms with Gasteiger partial charge >= 0.3 is 0 Å². The van der Waals surface area contributed by atoms with Gasteiger partial charge in [0, 0.05) is 31.9 Å². The topological polar surface area (TPSA) is 19.4 Å². The molecule has 0 N–H and O–H groups in total. The summed E-state index contributed by atoms with van der Waals surface area (Å²) in [6, 6.07) is 13.8. The van der Waals surface area contributed by atoms with Crippen LogP contribution in [-0.2, 0) is 6.54 Å². The van der Waals surface area contributed by atoms with Gasteiger partial charge in [-0.1, -0.05) is 36.8 Å². The summed E-state index contributed by atoms with van der Waals surface area (Å²) in [5.74, 6) is 1.21. The van der Waals surface area contributed by atoms with Crippen LogP contribution in [0, 0.1) is 6.92 Å². The molecule has 1 aromatic carbocycles. The van der Waals surface area contributed by atoms with Crippen LogP contribution in [0.1, 0.15) is 61.3 Å². The van der Waals surface area contributed by atoms with E-state index in [0.29, 0.717) is 6.04 Å². The van der Waals surface area contributed by atoms with Crippen molar-refractivity contribution in [3.05, 3.63) is 59.3 Å². The van der Waals surface area contributed by atoms with Crippen LogP contribution in [0.4, 0.5) is 5.82 Å². The fourth-order valence-corrected chi connectivity index (χ4v) is 4.58. The van der Waals surface area contributed by atoms with E-state index in [2.05, 4.69) is 59.3 Å². The molecule has 0 aliphatic carbocycles. The Labute approximate surface area is 158 Å². The van der Waals surface area contributed by atoms with Crippen LogP contribution < -0.4 is 4.90 Å². The van der Waals surface area contributed by atoms with Gasteiger partial charge in [-0.25, -0.2) is 4.98 Å². The maximum Gasteiger partial charge on any atom is 0.131 e. The van der Waals surface area contributed by atoms with Crippen molar-refractivity contribution in [2.75, 3.05) is 24.5 Å². The molecule has 3 heterocycles. The second-order valence-corrected chi connectivity index (χ2v) is 7.92. The van der Waals surface area contributed by atoms with Gasteiger partial charge in [-0.15, -0.1) is 0 Å². The maximum absolute atomic E-state index is 4.92. The monoisotopic (exact) mass is 349 g/mol. The number of aromatic nitrogens is 1. The molecule has 2 saturated heterocycles. The molecule has 138 valence electrons. The first-order valence-electron chi connectivity index (χ1n) is 10.3. The minimum absolute atomic E-state index is 0.505. The van der Waals surface area contributed by atoms with Crippen LogP contribution in [0.15, 0.2) is 42.6 Å². The Kier molecular flexibility index (Phi) is 5.54. The van der Waals surface area contributed by atoms with E-state index in [0.717, 1.165) is 19.6 Å². The summed E-state index contributed by atoms with van der Waals surface area (Å²) in [6.45, 7) is 6.79. The predicted molar refractivity (Wildman–Crippen MR) is 108 cm³/mol. The third-order valence-corrected chi connectivity index (χ3v) is 5.95. The van der Waals surface area contributed by atoms with Gasteiger partial charge in [0.2, 0.25) is 0 Å². The van der Waals surface area contributed by atoms with E-state index in [1.807, 2.05) is 0 Å². The fraction of sp³-hybridized carbons (Fsp3) is 0.522. The highest BCUT2D eigenvalue weighted by Gasteiger charge is 2.25. The molecule has 2 aliphatic rings. The van der Waals surface area contributed by atoms with Gasteiger partial charge in [0.1, 0.15) is 5.82 Å². The minimum atomic E-state index is 0.505. The summed E-state index contributed by atoms with van der Waals surface area (Å²) in [5.41, 5.74) is 4.16. The lowest BCUT2D eigenvalue weighted by atomic mass is 9.94. The molecule has 2 fully saturated rings. The second-order valence-electron chi connectivity index (χ2n) is 7.92. The van der Waals surface area contributed by atoms with Crippen molar-refractivity contribution in [1.82, 2.24) is 9.88 Å². The molecule has 2 aromatic rings. The highest BCUT2D eigenvalue weighted by molar-refractivity contribution is 5.48. The number of pyridine rings is 1. The number of hydrogen-bond donors (Lipinski definition) is 0. The van der Waals surface area contributed by atoms with Crippen molar-refractivity contribution in [3.8, 4) is 0 Å². The standard InChI is InChI=1S/C23H31N3/c1-19-16-21(17-24-23(19)25-13-7-3-8-14-25)22-12-6-9-15-26(22)18-20-10-4-2-5-11-20/h2,4-5,10-11,16-17,22H,3,6-9,12-15,18H2,1H3/t22-/m1/s1. The summed E-state index contributed by atoms with van der Waals surface area (Å²) < 4.78 is 0. The number of likely N-dealkylation sites (tertiary alicyclic amines) is 1. The molecule has 0 bridgehead atoms. The van der Waals surface area contributed by atoms with Gasteiger partial charge in [0.15, 0.2) is 0 Å². The van der Waals surface area contributed by atoms with E-state index >= 15 is 0 Å². The van der Waals surface area contributed by atoms with Crippen LogP contribution >= 0.6 is 0 Å². The van der Waals surface area contributed by atoms with E-state index in [-0.39, 0.29) is 0 Å². The Morgan fingerprint density at radius 3 is 2.50 bits per heavy atom. The molecule has 0 saturated carbocycles. The number of hydrogen-bond acceptors (Lipinski definition) is 3. The molecule has 0 amide bonds. The van der Waals surface area contributed by atoms with E-state index in [9.17, 15) is 0 Å². The lowest BCUT2D eigenvalue weighted by molar-refractivity contribution is 0.140. The Balaban J connectivity index is 1.53. The molecule has 0 spiro atoms. The first kappa shape index (κ1) is 17.5. The van der Waals surface area contributed by atoms with Gasteiger partial charge in [0.05, 0.1) is 0 Å². The molecule has 3 heteroatoms. The molecule has 1 aromatic heterocycles. The summed E-state index contributed by atoms with van der Waals surface area (Å²) in [7, 11) is 0. The molecule has 4 rings (SSSR count). The van der Waals surface area contributed by atoms with Crippen molar-refractivity contribution >= 4 is 5.82 Å². The Bertz CT molecular complexity index is 707. The van der Waals surface area contributed by atoms with Crippen molar-refractivity contribution in [1.29, 1.82) is 0 Å². The largest absolute Gasteiger partial charge is 0.356 e. The van der Waals surface area contributed by atoms with E-state index in [1.165, 1.54) is 67.6 Å². The van der Waals surface area contributed by atoms with Crippen LogP contribution in [0.3, 0.4) is 0 Å². The normalized spacial score (nSPS) is 21.7. The number of aryl methyl sites for hydroxylation is 1. The summed E-state index contributed by atoms with van der Waals surface area (Å²) >= 11 is 0. The average molecular weight is 350 g/mol. The van der Waals surface area contributed by atoms with E-state index in [1.54, 1.807) is 0 Å². The van der Waals surface area contributed by atoms with Gasteiger partial charge in [0.25, 0.3) is 0 Å². The fourth-order valence-electron chi connectivity index (χ4n) is 4.58. The Morgan fingerprint density at radius 1 is 0.962 bits per heavy atom. The lowest BCUT2D eigenvalue weighted by Crippen LogP contribution is -2.33. The van der Waals surface area contributed by atoms with Gasteiger partial charge < -0.3 is 4.90 Å². The molecule has 3 nitrogen and oxygen atoms in total. The summed E-state index contributed by atoms with van der Waals surface area (Å²) in [5, 5.41) is 0. The SMILES string of the molecule is Cc1cc([C@H]2CCCCN2Cc2ccccc2)cnc1N1CCCCC1. The van der Waals surface area contributed by atoms with Gasteiger partial charge in [-0.3, -0.25) is 4.90 Å². The summed E-state index contributed by atoms with van der Waals surface area (Å²) in [6.07, 6.45) is 10.0. The zero-order valence-corrected chi connectivity index (χ0v) is 16.0. The number of piperidine rings is 2. The number of rotatable bonds is 4. The molecule has 26 heavy (non-hydrogen) atoms. The van der Waals surface area contributed by atoms with Crippen molar-refractivity contribution in [2.24, 2.45) is 0 Å². The molecular formula is C23H31N3. The second kappa shape index (κ2) is 8.22. The first-order chi connectivity index (χ1) is 12.8. The first-order valence-corrected chi connectivity index (χ1v) is 10.3. The third-order valence-electron chi connectivity index (χ3n) is 5.95. The van der Waals surface area contributed by atoms with Gasteiger partial charge in [-0.2, -0.15) is 0 Å². The zero-order valence-electron chi connectivity index (χ0n) is 16.0. The molecular weight excluding hydrogens is 318 g/mol. The van der Waals surface area contributed by atoms with Crippen LogP contribution in [-0.4, -0.2) is 29.5 Å². The van der Waals surface area contributed by atoms with Crippen molar-refractivity contribution in [2.45, 2.75) is 58.0 Å². The van der Waals surface area contributed by atoms with Crippen LogP contribution in [0.5, 0.6) is 0 Å². The van der Waals surface area contributed by atoms with Gasteiger partial charge in [-0.05, 0) is 68.3 Å². The Morgan fingerprint density at radius 2 is 1.73 bits per heavy atom. The Hall–Kier alpha value is -1.87. The molecule has 0 unspecified atom stereocenters. The number of nitrogens with zero attached hydrogens (tertiary/aromatic N) is 3. The maximum atomic E-state index is 4.92. The molecule has 0 radical (unpaired) electrons. The highest BCUT2D eigenvalue weighted by atomic mass is 15.2. The van der Waals surface area contributed by atoms with Crippen molar-refractivity contribution in [3.63, 3.8) is 0 Å². The number of anilines is 1. The number of benzene rings is 1. The quantitative estimate of drug-likeness (QED) is 0.765. The van der Waals surface area contributed by atoms with E-state index in [4.69, 9.17) is 4.98 Å². The predicted octanol–water partition coefficient (Wildman–Crippen LogP) is 5.11. The van der Waals surface area contributed by atoms with E-state index < -0.39 is 0 Å². The zero-order chi connectivity index (χ0) is 17.8. The smallest absolute Gasteiger partial charge is 0.131 e. The van der Waals surface area contributed by atoms with Crippen LogP contribution in [0.2, 0.25) is 0 Å². The lowest BCUT2D eigenvalue weighted by Gasteiger charge is -2.36. The highest BCUT2D eigenvalue weighted by Crippen LogP contribution is 2.33. The van der Waals surface area contributed by atoms with Crippen LogP contribution in [0.25, 0.3) is 0 Å². The minimum Gasteiger partial charge on any atom is -0.356 e. The molecule has 2 aliphatic heterocycles. The average Bonchev–Trinajstić information content (AvgIpc) is 2.70.